The molecule has 1 amide bonds. The smallest absolute Gasteiger partial charge is 0.308 e. The fourth-order valence-electron chi connectivity index (χ4n) is 0.957. The third-order valence-electron chi connectivity index (χ3n) is 1.69. The summed E-state index contributed by atoms with van der Waals surface area (Å²) in [6.45, 7) is 5.35. The van der Waals surface area contributed by atoms with Crippen LogP contribution in [0.25, 0.3) is 0 Å². The molecular formula is C9H15NO3. The van der Waals surface area contributed by atoms with Crippen LogP contribution in [0.1, 0.15) is 19.8 Å². The van der Waals surface area contributed by atoms with Crippen LogP contribution in [-0.2, 0) is 9.59 Å². The first kappa shape index (κ1) is 11.7. The number of amides is 1. The number of aliphatic carboxylic acids is 1. The van der Waals surface area contributed by atoms with Crippen molar-refractivity contribution in [3.8, 4) is 0 Å². The topological polar surface area (TPSA) is 66.4 Å². The first-order chi connectivity index (χ1) is 6.11. The molecule has 0 fully saturated rings. The first-order valence-electron chi connectivity index (χ1n) is 4.24. The van der Waals surface area contributed by atoms with Crippen molar-refractivity contribution in [1.29, 1.82) is 0 Å². The molecule has 13 heavy (non-hydrogen) atoms. The summed E-state index contributed by atoms with van der Waals surface area (Å²) < 4.78 is 0. The number of carboxylic acids is 1. The quantitative estimate of drug-likeness (QED) is 0.601. The van der Waals surface area contributed by atoms with Crippen LogP contribution in [0.2, 0.25) is 0 Å². The van der Waals surface area contributed by atoms with Crippen molar-refractivity contribution in [3.63, 3.8) is 0 Å². The summed E-state index contributed by atoms with van der Waals surface area (Å²) in [6.07, 6.45) is 2.50. The van der Waals surface area contributed by atoms with Crippen molar-refractivity contribution < 1.29 is 14.7 Å². The van der Waals surface area contributed by atoms with Gasteiger partial charge in [0.2, 0.25) is 5.91 Å². The Bertz CT molecular complexity index is 201. The van der Waals surface area contributed by atoms with Crippen LogP contribution in [0.4, 0.5) is 0 Å². The zero-order chi connectivity index (χ0) is 10.3. The van der Waals surface area contributed by atoms with Gasteiger partial charge in [0.25, 0.3) is 0 Å². The summed E-state index contributed by atoms with van der Waals surface area (Å²) in [4.78, 5) is 21.3. The molecule has 0 saturated carbocycles. The number of hydrogen-bond donors (Lipinski definition) is 2. The summed E-state index contributed by atoms with van der Waals surface area (Å²) in [7, 11) is 0. The van der Waals surface area contributed by atoms with Gasteiger partial charge >= 0.3 is 5.97 Å². The van der Waals surface area contributed by atoms with Gasteiger partial charge in [-0.05, 0) is 12.5 Å². The molecule has 0 saturated heterocycles. The molecule has 0 aromatic rings. The number of carbonyl (C=O) groups is 2. The molecule has 0 heterocycles. The van der Waals surface area contributed by atoms with Gasteiger partial charge in [-0.15, -0.1) is 0 Å². The average Bonchev–Trinajstić information content (AvgIpc) is 2.11. The third kappa shape index (κ3) is 5.00. The van der Waals surface area contributed by atoms with Gasteiger partial charge in [-0.25, -0.2) is 0 Å². The Morgan fingerprint density at radius 3 is 2.62 bits per heavy atom. The van der Waals surface area contributed by atoms with E-state index in [4.69, 9.17) is 5.11 Å². The monoisotopic (exact) mass is 185 g/mol. The van der Waals surface area contributed by atoms with Crippen LogP contribution in [0, 0.1) is 5.92 Å². The predicted molar refractivity (Wildman–Crippen MR) is 49.2 cm³/mol. The van der Waals surface area contributed by atoms with E-state index in [2.05, 4.69) is 11.9 Å². The molecule has 4 heteroatoms. The molecule has 0 rings (SSSR count). The van der Waals surface area contributed by atoms with E-state index in [-0.39, 0.29) is 12.5 Å². The zero-order valence-corrected chi connectivity index (χ0v) is 7.75. The van der Waals surface area contributed by atoms with E-state index < -0.39 is 11.9 Å². The molecule has 0 aromatic heterocycles. The highest BCUT2D eigenvalue weighted by atomic mass is 16.4. The molecule has 0 radical (unpaired) electrons. The SMILES string of the molecule is C=CC(=O)NCC(CCC)C(=O)O. The fourth-order valence-corrected chi connectivity index (χ4v) is 0.957. The third-order valence-corrected chi connectivity index (χ3v) is 1.69. The Morgan fingerprint density at radius 1 is 1.62 bits per heavy atom. The minimum absolute atomic E-state index is 0.175. The lowest BCUT2D eigenvalue weighted by Crippen LogP contribution is -2.31. The number of rotatable bonds is 6. The van der Waals surface area contributed by atoms with Gasteiger partial charge in [0.1, 0.15) is 0 Å². The van der Waals surface area contributed by atoms with E-state index >= 15 is 0 Å². The van der Waals surface area contributed by atoms with Crippen molar-refractivity contribution >= 4 is 11.9 Å². The molecule has 0 aliphatic carbocycles. The van der Waals surface area contributed by atoms with E-state index in [1.54, 1.807) is 0 Å². The molecule has 4 nitrogen and oxygen atoms in total. The maximum absolute atomic E-state index is 10.7. The second-order valence-electron chi connectivity index (χ2n) is 2.77. The maximum atomic E-state index is 10.7. The highest BCUT2D eigenvalue weighted by Gasteiger charge is 2.16. The summed E-state index contributed by atoms with van der Waals surface area (Å²) in [5.41, 5.74) is 0. The molecule has 2 N–H and O–H groups in total. The predicted octanol–water partition coefficient (Wildman–Crippen LogP) is 0.790. The summed E-state index contributed by atoms with van der Waals surface area (Å²) >= 11 is 0. The lowest BCUT2D eigenvalue weighted by molar-refractivity contribution is -0.141. The molecule has 0 aromatic carbocycles. The fraction of sp³-hybridized carbons (Fsp3) is 0.556. The number of nitrogens with one attached hydrogen (secondary N) is 1. The lowest BCUT2D eigenvalue weighted by Gasteiger charge is -2.10. The molecular weight excluding hydrogens is 170 g/mol. The van der Waals surface area contributed by atoms with Crippen LogP contribution in [0.5, 0.6) is 0 Å². The van der Waals surface area contributed by atoms with Gasteiger partial charge < -0.3 is 10.4 Å². The second kappa shape index (κ2) is 6.22. The van der Waals surface area contributed by atoms with Gasteiger partial charge in [0.05, 0.1) is 5.92 Å². The van der Waals surface area contributed by atoms with Crippen molar-refractivity contribution in [2.24, 2.45) is 5.92 Å². The lowest BCUT2D eigenvalue weighted by atomic mass is 10.0. The molecule has 0 spiro atoms. The minimum Gasteiger partial charge on any atom is -0.481 e. The Kier molecular flexibility index (Phi) is 5.59. The van der Waals surface area contributed by atoms with E-state index in [1.165, 1.54) is 0 Å². The molecule has 74 valence electrons. The zero-order valence-electron chi connectivity index (χ0n) is 7.75. The molecule has 0 aliphatic rings. The normalized spacial score (nSPS) is 11.8. The minimum atomic E-state index is -0.869. The van der Waals surface area contributed by atoms with Gasteiger partial charge in [-0.1, -0.05) is 19.9 Å². The number of carbonyl (C=O) groups excluding carboxylic acids is 1. The first-order valence-corrected chi connectivity index (χ1v) is 4.24. The van der Waals surface area contributed by atoms with E-state index in [1.807, 2.05) is 6.92 Å². The summed E-state index contributed by atoms with van der Waals surface area (Å²) in [5.74, 6) is -1.69. The van der Waals surface area contributed by atoms with Crippen LogP contribution in [-0.4, -0.2) is 23.5 Å². The number of hydrogen-bond acceptors (Lipinski definition) is 2. The molecule has 0 aliphatic heterocycles. The largest absolute Gasteiger partial charge is 0.481 e. The average molecular weight is 185 g/mol. The number of carboxylic acid groups (broad SMARTS) is 1. The summed E-state index contributed by atoms with van der Waals surface area (Å²) in [6, 6.07) is 0. The highest BCUT2D eigenvalue weighted by Crippen LogP contribution is 2.04. The van der Waals surface area contributed by atoms with E-state index in [0.717, 1.165) is 12.5 Å². The maximum Gasteiger partial charge on any atom is 0.308 e. The van der Waals surface area contributed by atoms with Gasteiger partial charge in [0, 0.05) is 6.54 Å². The van der Waals surface area contributed by atoms with Gasteiger partial charge in [0.15, 0.2) is 0 Å². The Morgan fingerprint density at radius 2 is 2.23 bits per heavy atom. The Labute approximate surface area is 77.6 Å². The molecule has 1 unspecified atom stereocenters. The summed E-state index contributed by atoms with van der Waals surface area (Å²) in [5, 5.41) is 11.2. The van der Waals surface area contributed by atoms with E-state index in [0.29, 0.717) is 6.42 Å². The van der Waals surface area contributed by atoms with Crippen LogP contribution in [0.3, 0.4) is 0 Å². The van der Waals surface area contributed by atoms with Crippen LogP contribution in [0.15, 0.2) is 12.7 Å². The van der Waals surface area contributed by atoms with Crippen molar-refractivity contribution in [1.82, 2.24) is 5.32 Å². The molecule has 1 atom stereocenters. The standard InChI is InChI=1S/C9H15NO3/c1-3-5-7(9(12)13)6-10-8(11)4-2/h4,7H,2-3,5-6H2,1H3,(H,10,11)(H,12,13). The Hall–Kier alpha value is -1.32. The van der Waals surface area contributed by atoms with Crippen LogP contribution < -0.4 is 5.32 Å². The van der Waals surface area contributed by atoms with E-state index in [9.17, 15) is 9.59 Å². The second-order valence-corrected chi connectivity index (χ2v) is 2.77. The van der Waals surface area contributed by atoms with Crippen molar-refractivity contribution in [2.45, 2.75) is 19.8 Å². The van der Waals surface area contributed by atoms with Crippen molar-refractivity contribution in [3.05, 3.63) is 12.7 Å². The molecule has 0 bridgehead atoms. The van der Waals surface area contributed by atoms with Crippen molar-refractivity contribution in [2.75, 3.05) is 6.54 Å². The Balaban J connectivity index is 3.88. The highest BCUT2D eigenvalue weighted by molar-refractivity contribution is 5.87. The van der Waals surface area contributed by atoms with Gasteiger partial charge in [-0.3, -0.25) is 9.59 Å². The van der Waals surface area contributed by atoms with Crippen LogP contribution >= 0.6 is 0 Å². The van der Waals surface area contributed by atoms with Gasteiger partial charge in [-0.2, -0.15) is 0 Å².